The lowest BCUT2D eigenvalue weighted by atomic mass is 10.1. The summed E-state index contributed by atoms with van der Waals surface area (Å²) in [6.07, 6.45) is 0. The molecule has 0 bridgehead atoms. The van der Waals surface area contributed by atoms with E-state index in [2.05, 4.69) is 10.9 Å². The van der Waals surface area contributed by atoms with Gasteiger partial charge in [0.15, 0.2) is 6.61 Å². The van der Waals surface area contributed by atoms with E-state index >= 15 is 0 Å². The number of ether oxygens (including phenoxy) is 2. The maximum atomic E-state index is 12.3. The Morgan fingerprint density at radius 1 is 0.963 bits per heavy atom. The molecular formula is C21H26N2O4. The second-order valence-electron chi connectivity index (χ2n) is 6.82. The van der Waals surface area contributed by atoms with Crippen LogP contribution in [-0.2, 0) is 4.79 Å². The van der Waals surface area contributed by atoms with Gasteiger partial charge < -0.3 is 9.47 Å². The SMILES string of the molecule is Cc1cc(C)cc(OCC(=O)NNC(=O)c2ccccc2OCC(C)C)c1. The summed E-state index contributed by atoms with van der Waals surface area (Å²) >= 11 is 0. The van der Waals surface area contributed by atoms with Crippen LogP contribution in [0.25, 0.3) is 0 Å². The van der Waals surface area contributed by atoms with Gasteiger partial charge >= 0.3 is 0 Å². The summed E-state index contributed by atoms with van der Waals surface area (Å²) in [5, 5.41) is 0. The second kappa shape index (κ2) is 9.62. The van der Waals surface area contributed by atoms with Crippen LogP contribution in [0.3, 0.4) is 0 Å². The average Bonchev–Trinajstić information content (AvgIpc) is 2.62. The first-order chi connectivity index (χ1) is 12.8. The van der Waals surface area contributed by atoms with Crippen LogP contribution < -0.4 is 20.3 Å². The summed E-state index contributed by atoms with van der Waals surface area (Å²) in [7, 11) is 0. The molecule has 0 spiro atoms. The first kappa shape index (κ1) is 20.3. The predicted molar refractivity (Wildman–Crippen MR) is 104 cm³/mol. The topological polar surface area (TPSA) is 76.7 Å². The predicted octanol–water partition coefficient (Wildman–Crippen LogP) is 3.18. The van der Waals surface area contributed by atoms with Crippen LogP contribution in [0.4, 0.5) is 0 Å². The minimum Gasteiger partial charge on any atom is -0.492 e. The van der Waals surface area contributed by atoms with Crippen molar-refractivity contribution in [2.24, 2.45) is 5.92 Å². The van der Waals surface area contributed by atoms with Crippen molar-refractivity contribution in [2.45, 2.75) is 27.7 Å². The molecule has 0 unspecified atom stereocenters. The van der Waals surface area contributed by atoms with Crippen LogP contribution in [0.15, 0.2) is 42.5 Å². The van der Waals surface area contributed by atoms with Crippen molar-refractivity contribution in [3.05, 3.63) is 59.2 Å². The Bertz CT molecular complexity index is 782. The molecule has 6 nitrogen and oxygen atoms in total. The highest BCUT2D eigenvalue weighted by atomic mass is 16.5. The number of amides is 2. The number of hydrogen-bond acceptors (Lipinski definition) is 4. The van der Waals surface area contributed by atoms with Gasteiger partial charge in [-0.2, -0.15) is 0 Å². The van der Waals surface area contributed by atoms with Crippen molar-refractivity contribution in [3.63, 3.8) is 0 Å². The van der Waals surface area contributed by atoms with Crippen molar-refractivity contribution in [2.75, 3.05) is 13.2 Å². The molecule has 0 atom stereocenters. The van der Waals surface area contributed by atoms with Crippen LogP contribution >= 0.6 is 0 Å². The summed E-state index contributed by atoms with van der Waals surface area (Å²) in [4.78, 5) is 24.3. The molecular weight excluding hydrogens is 344 g/mol. The molecule has 6 heteroatoms. The molecule has 0 aromatic heterocycles. The first-order valence-electron chi connectivity index (χ1n) is 8.87. The number of para-hydroxylation sites is 1. The molecule has 0 fully saturated rings. The third-order valence-corrected chi connectivity index (χ3v) is 3.58. The van der Waals surface area contributed by atoms with Crippen LogP contribution in [-0.4, -0.2) is 25.0 Å². The van der Waals surface area contributed by atoms with E-state index in [0.29, 0.717) is 29.6 Å². The monoisotopic (exact) mass is 370 g/mol. The summed E-state index contributed by atoms with van der Waals surface area (Å²) in [6.45, 7) is 8.27. The fourth-order valence-corrected chi connectivity index (χ4v) is 2.43. The molecule has 144 valence electrons. The molecule has 0 saturated carbocycles. The van der Waals surface area contributed by atoms with Crippen molar-refractivity contribution in [3.8, 4) is 11.5 Å². The first-order valence-corrected chi connectivity index (χ1v) is 8.87. The Morgan fingerprint density at radius 2 is 1.63 bits per heavy atom. The number of hydrazine groups is 1. The zero-order valence-electron chi connectivity index (χ0n) is 16.2. The number of hydrogen-bond donors (Lipinski definition) is 2. The second-order valence-corrected chi connectivity index (χ2v) is 6.82. The van der Waals surface area contributed by atoms with Gasteiger partial charge in [-0.3, -0.25) is 20.4 Å². The molecule has 0 aliphatic rings. The molecule has 0 saturated heterocycles. The number of benzene rings is 2. The van der Waals surface area contributed by atoms with E-state index in [1.54, 1.807) is 24.3 Å². The largest absolute Gasteiger partial charge is 0.492 e. The van der Waals surface area contributed by atoms with E-state index in [4.69, 9.17) is 9.47 Å². The average molecular weight is 370 g/mol. The highest BCUT2D eigenvalue weighted by Gasteiger charge is 2.13. The van der Waals surface area contributed by atoms with Gasteiger partial charge in [0.25, 0.3) is 11.8 Å². The number of aryl methyl sites for hydroxylation is 2. The van der Waals surface area contributed by atoms with Crippen LogP contribution in [0.1, 0.15) is 35.3 Å². The van der Waals surface area contributed by atoms with Gasteiger partial charge in [0.05, 0.1) is 12.2 Å². The highest BCUT2D eigenvalue weighted by Crippen LogP contribution is 2.18. The number of rotatable bonds is 7. The van der Waals surface area contributed by atoms with Gasteiger partial charge in [0.2, 0.25) is 0 Å². The minimum atomic E-state index is -0.455. The summed E-state index contributed by atoms with van der Waals surface area (Å²) < 4.78 is 11.1. The minimum absolute atomic E-state index is 0.200. The Morgan fingerprint density at radius 3 is 2.30 bits per heavy atom. The van der Waals surface area contributed by atoms with Crippen molar-refractivity contribution < 1.29 is 19.1 Å². The molecule has 0 aliphatic carbocycles. The smallest absolute Gasteiger partial charge is 0.276 e. The van der Waals surface area contributed by atoms with Gasteiger partial charge in [-0.15, -0.1) is 0 Å². The van der Waals surface area contributed by atoms with E-state index in [1.165, 1.54) is 0 Å². The molecule has 2 aromatic carbocycles. The Labute approximate surface area is 159 Å². The van der Waals surface area contributed by atoms with E-state index in [0.717, 1.165) is 11.1 Å². The van der Waals surface area contributed by atoms with Crippen molar-refractivity contribution in [1.29, 1.82) is 0 Å². The number of nitrogens with one attached hydrogen (secondary N) is 2. The summed E-state index contributed by atoms with van der Waals surface area (Å²) in [6, 6.07) is 12.6. The molecule has 27 heavy (non-hydrogen) atoms. The number of carbonyl (C=O) groups is 2. The van der Waals surface area contributed by atoms with E-state index < -0.39 is 11.8 Å². The maximum Gasteiger partial charge on any atom is 0.276 e. The van der Waals surface area contributed by atoms with Gasteiger partial charge in [-0.25, -0.2) is 0 Å². The molecule has 2 rings (SSSR count). The zero-order valence-corrected chi connectivity index (χ0v) is 16.2. The Balaban J connectivity index is 1.87. The number of carbonyl (C=O) groups excluding carboxylic acids is 2. The molecule has 0 heterocycles. The quantitative estimate of drug-likeness (QED) is 0.734. The summed E-state index contributed by atoms with van der Waals surface area (Å²) in [5.41, 5.74) is 7.20. The van der Waals surface area contributed by atoms with E-state index in [9.17, 15) is 9.59 Å². The van der Waals surface area contributed by atoms with Crippen LogP contribution in [0.2, 0.25) is 0 Å². The fourth-order valence-electron chi connectivity index (χ4n) is 2.43. The fraction of sp³-hybridized carbons (Fsp3) is 0.333. The normalized spacial score (nSPS) is 10.4. The lowest BCUT2D eigenvalue weighted by molar-refractivity contribution is -0.123. The van der Waals surface area contributed by atoms with Crippen molar-refractivity contribution >= 4 is 11.8 Å². The van der Waals surface area contributed by atoms with E-state index in [1.807, 2.05) is 45.9 Å². The standard InChI is InChI=1S/C21H26N2O4/c1-14(2)12-27-19-8-6-5-7-18(19)21(25)23-22-20(24)13-26-17-10-15(3)9-16(4)11-17/h5-11,14H,12-13H2,1-4H3,(H,22,24)(H,23,25). The highest BCUT2D eigenvalue weighted by molar-refractivity contribution is 5.97. The van der Waals surface area contributed by atoms with Gasteiger partial charge in [-0.1, -0.05) is 32.0 Å². The molecule has 2 N–H and O–H groups in total. The molecule has 0 aliphatic heterocycles. The third-order valence-electron chi connectivity index (χ3n) is 3.58. The van der Waals surface area contributed by atoms with Gasteiger partial charge in [0.1, 0.15) is 11.5 Å². The lowest BCUT2D eigenvalue weighted by Crippen LogP contribution is -2.44. The zero-order chi connectivity index (χ0) is 19.8. The molecule has 2 aromatic rings. The molecule has 0 radical (unpaired) electrons. The Hall–Kier alpha value is -3.02. The third kappa shape index (κ3) is 6.66. The van der Waals surface area contributed by atoms with Gasteiger partial charge in [0, 0.05) is 0 Å². The van der Waals surface area contributed by atoms with Crippen LogP contribution in [0, 0.1) is 19.8 Å². The lowest BCUT2D eigenvalue weighted by Gasteiger charge is -2.13. The summed E-state index contributed by atoms with van der Waals surface area (Å²) in [5.74, 6) is 0.520. The Kier molecular flexibility index (Phi) is 7.23. The van der Waals surface area contributed by atoms with Crippen molar-refractivity contribution in [1.82, 2.24) is 10.9 Å². The van der Waals surface area contributed by atoms with Gasteiger partial charge in [-0.05, 0) is 55.2 Å². The molecule has 2 amide bonds. The van der Waals surface area contributed by atoms with E-state index in [-0.39, 0.29) is 6.61 Å². The maximum absolute atomic E-state index is 12.3. The van der Waals surface area contributed by atoms with Crippen LogP contribution in [0.5, 0.6) is 11.5 Å².